The Balaban J connectivity index is 1.61. The zero-order valence-corrected chi connectivity index (χ0v) is 13.6. The molecule has 0 amide bonds. The smallest absolute Gasteiger partial charge is 0.106 e. The van der Waals surface area contributed by atoms with Gasteiger partial charge in [-0.15, -0.1) is 0 Å². The number of hydrogen-bond acceptors (Lipinski definition) is 4. The fraction of sp³-hybridized carbons (Fsp3) is 0.625. The van der Waals surface area contributed by atoms with E-state index in [2.05, 4.69) is 45.0 Å². The van der Waals surface area contributed by atoms with Crippen molar-refractivity contribution in [2.24, 2.45) is 5.92 Å². The van der Waals surface area contributed by atoms with Crippen molar-refractivity contribution in [1.82, 2.24) is 25.1 Å². The maximum atomic E-state index is 10.3. The minimum absolute atomic E-state index is 0.243. The molecule has 6 heteroatoms. The van der Waals surface area contributed by atoms with Gasteiger partial charge < -0.3 is 10.1 Å². The highest BCUT2D eigenvalue weighted by Gasteiger charge is 2.32. The molecule has 0 saturated carbocycles. The summed E-state index contributed by atoms with van der Waals surface area (Å²) in [4.78, 5) is 10.2. The predicted octanol–water partition coefficient (Wildman–Crippen LogP) is 1.35. The van der Waals surface area contributed by atoms with Gasteiger partial charge in [0.25, 0.3) is 0 Å². The summed E-state index contributed by atoms with van der Waals surface area (Å²) in [6.45, 7) is 8.57. The van der Waals surface area contributed by atoms with Crippen LogP contribution in [0, 0.1) is 19.8 Å². The first-order valence-corrected chi connectivity index (χ1v) is 8.00. The van der Waals surface area contributed by atoms with E-state index in [1.807, 2.05) is 6.92 Å². The summed E-state index contributed by atoms with van der Waals surface area (Å²) in [6.07, 6.45) is 1.45. The molecule has 22 heavy (non-hydrogen) atoms. The van der Waals surface area contributed by atoms with Crippen LogP contribution in [-0.2, 0) is 19.4 Å². The van der Waals surface area contributed by atoms with Crippen LogP contribution in [0.4, 0.5) is 0 Å². The summed E-state index contributed by atoms with van der Waals surface area (Å²) < 4.78 is 0. The van der Waals surface area contributed by atoms with Gasteiger partial charge in [0.15, 0.2) is 0 Å². The fourth-order valence-corrected chi connectivity index (χ4v) is 3.22. The number of nitrogens with zero attached hydrogens (tertiary/aromatic N) is 3. The van der Waals surface area contributed by atoms with E-state index in [-0.39, 0.29) is 12.0 Å². The average molecular weight is 303 g/mol. The molecule has 3 heterocycles. The number of aromatic nitrogens is 4. The molecule has 3 N–H and O–H groups in total. The third-order valence-corrected chi connectivity index (χ3v) is 4.46. The van der Waals surface area contributed by atoms with Gasteiger partial charge in [-0.25, -0.2) is 4.98 Å². The summed E-state index contributed by atoms with van der Waals surface area (Å²) in [5, 5.41) is 17.6. The molecule has 2 aromatic rings. The number of aromatic amines is 2. The molecule has 0 unspecified atom stereocenters. The summed E-state index contributed by atoms with van der Waals surface area (Å²) >= 11 is 0. The lowest BCUT2D eigenvalue weighted by molar-refractivity contribution is 0.140. The van der Waals surface area contributed by atoms with Crippen LogP contribution in [-0.4, -0.2) is 49.4 Å². The molecule has 1 aliphatic rings. The Morgan fingerprint density at radius 1 is 1.36 bits per heavy atom. The molecule has 1 saturated heterocycles. The maximum absolute atomic E-state index is 10.3. The van der Waals surface area contributed by atoms with E-state index < -0.39 is 0 Å². The van der Waals surface area contributed by atoms with Crippen LogP contribution in [0.2, 0.25) is 0 Å². The van der Waals surface area contributed by atoms with Crippen LogP contribution in [0.1, 0.15) is 35.5 Å². The minimum Gasteiger partial charge on any atom is -0.391 e. The number of hydrogen-bond donors (Lipinski definition) is 3. The van der Waals surface area contributed by atoms with Gasteiger partial charge in [0.2, 0.25) is 0 Å². The summed E-state index contributed by atoms with van der Waals surface area (Å²) in [5.74, 6) is 1.28. The van der Waals surface area contributed by atoms with E-state index in [1.165, 1.54) is 0 Å². The number of aliphatic hydroxyl groups is 1. The van der Waals surface area contributed by atoms with Crippen LogP contribution in [0.25, 0.3) is 0 Å². The quantitative estimate of drug-likeness (QED) is 0.779. The molecule has 0 aliphatic carbocycles. The number of aliphatic hydroxyl groups excluding tert-OH is 1. The van der Waals surface area contributed by atoms with E-state index in [4.69, 9.17) is 0 Å². The molecule has 1 fully saturated rings. The SMILES string of the molecule is CCc1nc(CN2C[C@@H](Cc3cc(C)[nH]n3)[C@H](O)C2)c(C)[nH]1. The third kappa shape index (κ3) is 3.23. The van der Waals surface area contributed by atoms with Gasteiger partial charge in [-0.05, 0) is 26.3 Å². The van der Waals surface area contributed by atoms with Crippen LogP contribution < -0.4 is 0 Å². The lowest BCUT2D eigenvalue weighted by Crippen LogP contribution is -2.22. The second-order valence-electron chi connectivity index (χ2n) is 6.38. The number of likely N-dealkylation sites (tertiary alicyclic amines) is 1. The Bertz CT molecular complexity index is 632. The third-order valence-electron chi connectivity index (χ3n) is 4.46. The largest absolute Gasteiger partial charge is 0.391 e. The van der Waals surface area contributed by atoms with Crippen LogP contribution >= 0.6 is 0 Å². The average Bonchev–Trinajstić information content (AvgIpc) is 3.13. The van der Waals surface area contributed by atoms with Crippen molar-refractivity contribution in [1.29, 1.82) is 0 Å². The van der Waals surface area contributed by atoms with E-state index in [1.54, 1.807) is 0 Å². The monoisotopic (exact) mass is 303 g/mol. The Labute approximate surface area is 131 Å². The Kier molecular flexibility index (Phi) is 4.31. The second kappa shape index (κ2) is 6.22. The summed E-state index contributed by atoms with van der Waals surface area (Å²) in [5.41, 5.74) is 4.34. The fourth-order valence-electron chi connectivity index (χ4n) is 3.22. The molecule has 0 spiro atoms. The zero-order chi connectivity index (χ0) is 15.7. The molecule has 0 bridgehead atoms. The normalized spacial score (nSPS) is 22.5. The maximum Gasteiger partial charge on any atom is 0.106 e. The molecule has 2 aromatic heterocycles. The Hall–Kier alpha value is -1.66. The second-order valence-corrected chi connectivity index (χ2v) is 6.38. The van der Waals surface area contributed by atoms with Crippen molar-refractivity contribution in [3.05, 3.63) is 34.7 Å². The standard InChI is InChI=1S/C16H25N5O/c1-4-16-17-11(3)14(18-16)8-21-7-12(15(22)9-21)6-13-5-10(2)19-20-13/h5,12,15,22H,4,6-9H2,1-3H3,(H,17,18)(H,19,20)/t12-,15-/m1/s1. The van der Waals surface area contributed by atoms with Gasteiger partial charge in [0.1, 0.15) is 5.82 Å². The molecule has 0 aromatic carbocycles. The first kappa shape index (κ1) is 15.2. The number of H-pyrrole nitrogens is 2. The van der Waals surface area contributed by atoms with Crippen molar-refractivity contribution >= 4 is 0 Å². The van der Waals surface area contributed by atoms with E-state index in [0.29, 0.717) is 6.54 Å². The van der Waals surface area contributed by atoms with Gasteiger partial charge in [-0.3, -0.25) is 10.00 Å². The lowest BCUT2D eigenvalue weighted by atomic mass is 10.0. The number of β-amino-alcohol motifs (C(OH)–C–C–N with tert-alkyl or cyclic N) is 1. The molecule has 120 valence electrons. The van der Waals surface area contributed by atoms with Crippen molar-refractivity contribution in [3.63, 3.8) is 0 Å². The van der Waals surface area contributed by atoms with Crippen molar-refractivity contribution < 1.29 is 5.11 Å². The molecule has 6 nitrogen and oxygen atoms in total. The molecule has 3 rings (SSSR count). The molecular weight excluding hydrogens is 278 g/mol. The zero-order valence-electron chi connectivity index (χ0n) is 13.6. The topological polar surface area (TPSA) is 80.8 Å². The highest BCUT2D eigenvalue weighted by Crippen LogP contribution is 2.23. The Morgan fingerprint density at radius 3 is 2.82 bits per heavy atom. The molecule has 0 radical (unpaired) electrons. The Morgan fingerprint density at radius 2 is 2.18 bits per heavy atom. The number of aryl methyl sites for hydroxylation is 3. The van der Waals surface area contributed by atoms with Crippen LogP contribution in [0.15, 0.2) is 6.07 Å². The molecule has 2 atom stereocenters. The first-order valence-electron chi connectivity index (χ1n) is 8.00. The van der Waals surface area contributed by atoms with Crippen molar-refractivity contribution in [2.45, 2.75) is 46.3 Å². The van der Waals surface area contributed by atoms with E-state index >= 15 is 0 Å². The van der Waals surface area contributed by atoms with Crippen molar-refractivity contribution in [2.75, 3.05) is 13.1 Å². The highest BCUT2D eigenvalue weighted by atomic mass is 16.3. The van der Waals surface area contributed by atoms with Gasteiger partial charge in [-0.1, -0.05) is 6.92 Å². The molecule has 1 aliphatic heterocycles. The number of rotatable bonds is 5. The highest BCUT2D eigenvalue weighted by molar-refractivity contribution is 5.14. The molecular formula is C16H25N5O. The predicted molar refractivity (Wildman–Crippen MR) is 84.5 cm³/mol. The van der Waals surface area contributed by atoms with E-state index in [0.717, 1.165) is 54.5 Å². The van der Waals surface area contributed by atoms with Crippen LogP contribution in [0.5, 0.6) is 0 Å². The van der Waals surface area contributed by atoms with Gasteiger partial charge in [-0.2, -0.15) is 5.10 Å². The first-order chi connectivity index (χ1) is 10.5. The number of imidazole rings is 1. The van der Waals surface area contributed by atoms with Gasteiger partial charge >= 0.3 is 0 Å². The minimum atomic E-state index is -0.290. The van der Waals surface area contributed by atoms with Crippen molar-refractivity contribution in [3.8, 4) is 0 Å². The van der Waals surface area contributed by atoms with Gasteiger partial charge in [0, 0.05) is 43.4 Å². The summed E-state index contributed by atoms with van der Waals surface area (Å²) in [7, 11) is 0. The van der Waals surface area contributed by atoms with E-state index in [9.17, 15) is 5.11 Å². The van der Waals surface area contributed by atoms with Crippen LogP contribution in [0.3, 0.4) is 0 Å². The number of nitrogens with one attached hydrogen (secondary N) is 2. The van der Waals surface area contributed by atoms with Gasteiger partial charge in [0.05, 0.1) is 17.5 Å². The lowest BCUT2D eigenvalue weighted by Gasteiger charge is -2.14. The summed E-state index contributed by atoms with van der Waals surface area (Å²) in [6, 6.07) is 2.06.